The zero-order chi connectivity index (χ0) is 12.4. The van der Waals surface area contributed by atoms with Gasteiger partial charge < -0.3 is 10.3 Å². The molecule has 0 radical (unpaired) electrons. The predicted octanol–water partition coefficient (Wildman–Crippen LogP) is 2.89. The Labute approximate surface area is 107 Å². The lowest BCUT2D eigenvalue weighted by Gasteiger charge is -2.12. The third kappa shape index (κ3) is 2.39. The van der Waals surface area contributed by atoms with Crippen LogP contribution in [0.1, 0.15) is 11.1 Å². The second-order valence-corrected chi connectivity index (χ2v) is 4.58. The Morgan fingerprint density at radius 1 is 1.29 bits per heavy atom. The van der Waals surface area contributed by atoms with E-state index in [0.717, 1.165) is 16.8 Å². The molecule has 88 valence electrons. The van der Waals surface area contributed by atoms with E-state index in [9.17, 15) is 4.79 Å². The fourth-order valence-electron chi connectivity index (χ4n) is 1.60. The summed E-state index contributed by atoms with van der Waals surface area (Å²) in [4.78, 5) is 18.0. The molecule has 1 aromatic heterocycles. The lowest BCUT2D eigenvalue weighted by molar-refractivity contribution is 1.10. The molecular formula is C12H12BrN3O. The number of anilines is 2. The highest BCUT2D eigenvalue weighted by Crippen LogP contribution is 2.25. The number of hydrogen-bond acceptors (Lipinski definition) is 3. The second kappa shape index (κ2) is 4.71. The van der Waals surface area contributed by atoms with E-state index in [2.05, 4.69) is 31.2 Å². The van der Waals surface area contributed by atoms with Crippen molar-refractivity contribution in [3.05, 3.63) is 50.5 Å². The summed E-state index contributed by atoms with van der Waals surface area (Å²) in [7, 11) is 0. The largest absolute Gasteiger partial charge is 0.339 e. The SMILES string of the molecule is Cc1cccc(C)c1Nc1nc[nH]c(=O)c1Br. The minimum absolute atomic E-state index is 0.200. The first-order valence-corrected chi connectivity index (χ1v) is 5.95. The average Bonchev–Trinajstić information content (AvgIpc) is 2.29. The van der Waals surface area contributed by atoms with E-state index in [0.29, 0.717) is 10.3 Å². The lowest BCUT2D eigenvalue weighted by Crippen LogP contribution is -2.10. The Morgan fingerprint density at radius 2 is 1.94 bits per heavy atom. The van der Waals surface area contributed by atoms with Gasteiger partial charge >= 0.3 is 0 Å². The fraction of sp³-hybridized carbons (Fsp3) is 0.167. The van der Waals surface area contributed by atoms with Crippen LogP contribution in [0.2, 0.25) is 0 Å². The zero-order valence-corrected chi connectivity index (χ0v) is 11.1. The van der Waals surface area contributed by atoms with Crippen LogP contribution in [0.4, 0.5) is 11.5 Å². The van der Waals surface area contributed by atoms with Gasteiger partial charge in [0.05, 0.1) is 6.33 Å². The number of nitrogens with zero attached hydrogens (tertiary/aromatic N) is 1. The molecule has 0 amide bonds. The normalized spacial score (nSPS) is 10.3. The number of aryl methyl sites for hydroxylation is 2. The maximum atomic E-state index is 11.4. The molecule has 0 saturated carbocycles. The highest BCUT2D eigenvalue weighted by molar-refractivity contribution is 9.10. The lowest BCUT2D eigenvalue weighted by atomic mass is 10.1. The molecule has 1 heterocycles. The molecule has 0 unspecified atom stereocenters. The first kappa shape index (κ1) is 11.9. The molecule has 2 N–H and O–H groups in total. The standard InChI is InChI=1S/C12H12BrN3O/c1-7-4-3-5-8(2)10(7)16-11-9(13)12(17)15-6-14-11/h3-6H,1-2H3,(H2,14,15,16,17). The van der Waals surface area contributed by atoms with E-state index in [1.165, 1.54) is 6.33 Å². The van der Waals surface area contributed by atoms with Gasteiger partial charge in [0, 0.05) is 5.69 Å². The number of hydrogen-bond donors (Lipinski definition) is 2. The molecule has 2 rings (SSSR count). The summed E-state index contributed by atoms with van der Waals surface area (Å²) in [5.74, 6) is 0.520. The zero-order valence-electron chi connectivity index (χ0n) is 9.54. The van der Waals surface area contributed by atoms with Crippen LogP contribution in [0.25, 0.3) is 0 Å². The maximum absolute atomic E-state index is 11.4. The monoisotopic (exact) mass is 293 g/mol. The van der Waals surface area contributed by atoms with E-state index in [4.69, 9.17) is 0 Å². The number of benzene rings is 1. The maximum Gasteiger partial charge on any atom is 0.267 e. The number of rotatable bonds is 2. The van der Waals surface area contributed by atoms with Crippen molar-refractivity contribution in [3.63, 3.8) is 0 Å². The van der Waals surface area contributed by atoms with Crippen LogP contribution in [0.5, 0.6) is 0 Å². The summed E-state index contributed by atoms with van der Waals surface area (Å²) in [5.41, 5.74) is 3.00. The van der Waals surface area contributed by atoms with Crippen molar-refractivity contribution < 1.29 is 0 Å². The van der Waals surface area contributed by atoms with Crippen molar-refractivity contribution in [1.82, 2.24) is 9.97 Å². The number of nitrogens with one attached hydrogen (secondary N) is 2. The molecule has 0 saturated heterocycles. The number of H-pyrrole nitrogens is 1. The third-order valence-corrected chi connectivity index (χ3v) is 3.26. The molecule has 0 bridgehead atoms. The van der Waals surface area contributed by atoms with Gasteiger partial charge in [0.25, 0.3) is 5.56 Å². The molecule has 2 aromatic rings. The second-order valence-electron chi connectivity index (χ2n) is 3.79. The topological polar surface area (TPSA) is 57.8 Å². The number of aromatic amines is 1. The van der Waals surface area contributed by atoms with Gasteiger partial charge in [-0.25, -0.2) is 4.98 Å². The van der Waals surface area contributed by atoms with E-state index < -0.39 is 0 Å². The van der Waals surface area contributed by atoms with Crippen molar-refractivity contribution in [2.45, 2.75) is 13.8 Å². The number of para-hydroxylation sites is 1. The number of aromatic nitrogens is 2. The molecular weight excluding hydrogens is 282 g/mol. The van der Waals surface area contributed by atoms with Gasteiger partial charge in [-0.05, 0) is 40.9 Å². The Morgan fingerprint density at radius 3 is 2.59 bits per heavy atom. The van der Waals surface area contributed by atoms with Crippen LogP contribution in [0, 0.1) is 13.8 Å². The molecule has 0 spiro atoms. The molecule has 0 aliphatic rings. The summed E-state index contributed by atoms with van der Waals surface area (Å²) in [6.07, 6.45) is 1.38. The van der Waals surface area contributed by atoms with Crippen LogP contribution >= 0.6 is 15.9 Å². The summed E-state index contributed by atoms with van der Waals surface area (Å²) in [6.45, 7) is 4.02. The number of halogens is 1. The van der Waals surface area contributed by atoms with Crippen molar-refractivity contribution in [2.75, 3.05) is 5.32 Å². The van der Waals surface area contributed by atoms with Gasteiger partial charge in [0.2, 0.25) is 0 Å². The molecule has 1 aromatic carbocycles. The first-order valence-electron chi connectivity index (χ1n) is 5.16. The van der Waals surface area contributed by atoms with Crippen LogP contribution in [0.3, 0.4) is 0 Å². The van der Waals surface area contributed by atoms with E-state index >= 15 is 0 Å². The summed E-state index contributed by atoms with van der Waals surface area (Å²) in [5, 5.41) is 3.17. The van der Waals surface area contributed by atoms with Crippen molar-refractivity contribution >= 4 is 27.4 Å². The smallest absolute Gasteiger partial charge is 0.267 e. The van der Waals surface area contributed by atoms with Gasteiger partial charge in [-0.3, -0.25) is 4.79 Å². The Kier molecular flexibility index (Phi) is 3.28. The molecule has 5 heteroatoms. The van der Waals surface area contributed by atoms with Gasteiger partial charge in [-0.1, -0.05) is 18.2 Å². The molecule has 4 nitrogen and oxygen atoms in total. The molecule has 17 heavy (non-hydrogen) atoms. The summed E-state index contributed by atoms with van der Waals surface area (Å²) < 4.78 is 0.405. The van der Waals surface area contributed by atoms with Gasteiger partial charge in [0.1, 0.15) is 4.47 Å². The fourth-order valence-corrected chi connectivity index (χ4v) is 1.92. The first-order chi connectivity index (χ1) is 8.09. The van der Waals surface area contributed by atoms with Crippen molar-refractivity contribution in [2.24, 2.45) is 0 Å². The third-order valence-electron chi connectivity index (χ3n) is 2.52. The minimum Gasteiger partial charge on any atom is -0.339 e. The van der Waals surface area contributed by atoms with Gasteiger partial charge in [0.15, 0.2) is 5.82 Å². The van der Waals surface area contributed by atoms with E-state index in [-0.39, 0.29) is 5.56 Å². The molecule has 0 aliphatic heterocycles. The predicted molar refractivity (Wildman–Crippen MR) is 71.8 cm³/mol. The van der Waals surface area contributed by atoms with Crippen LogP contribution < -0.4 is 10.9 Å². The van der Waals surface area contributed by atoms with Crippen LogP contribution in [-0.4, -0.2) is 9.97 Å². The molecule has 0 atom stereocenters. The quantitative estimate of drug-likeness (QED) is 0.895. The highest BCUT2D eigenvalue weighted by atomic mass is 79.9. The summed E-state index contributed by atoms with van der Waals surface area (Å²) >= 11 is 3.22. The van der Waals surface area contributed by atoms with Gasteiger partial charge in [-0.2, -0.15) is 0 Å². The van der Waals surface area contributed by atoms with Crippen molar-refractivity contribution in [3.8, 4) is 0 Å². The summed E-state index contributed by atoms with van der Waals surface area (Å²) in [6, 6.07) is 6.02. The Hall–Kier alpha value is -1.62. The molecule has 0 aliphatic carbocycles. The van der Waals surface area contributed by atoms with Crippen molar-refractivity contribution in [1.29, 1.82) is 0 Å². The molecule has 0 fully saturated rings. The van der Waals surface area contributed by atoms with E-state index in [1.807, 2.05) is 32.0 Å². The Balaban J connectivity index is 2.45. The van der Waals surface area contributed by atoms with Crippen LogP contribution in [0.15, 0.2) is 33.8 Å². The average molecular weight is 294 g/mol. The van der Waals surface area contributed by atoms with Crippen LogP contribution in [-0.2, 0) is 0 Å². The highest BCUT2D eigenvalue weighted by Gasteiger charge is 2.08. The van der Waals surface area contributed by atoms with E-state index in [1.54, 1.807) is 0 Å². The minimum atomic E-state index is -0.200. The van der Waals surface area contributed by atoms with Gasteiger partial charge in [-0.15, -0.1) is 0 Å². The Bertz CT molecular complexity index is 587.